The van der Waals surface area contributed by atoms with Crippen molar-refractivity contribution in [3.8, 4) is 11.5 Å². The standard InChI is InChI=1S/C20H21BrN2O3/c1-11-5-6-12(2)16(7-11)23-19(24)22-15-10-20(23,3)26-18-14(15)8-13(21)9-17(18)25-4/h5-9,15H,10H2,1-4H3,(H,22,24)/t15?,20-/m1/s1. The monoisotopic (exact) mass is 416 g/mol. The number of halogens is 1. The van der Waals surface area contributed by atoms with Crippen molar-refractivity contribution in [1.29, 1.82) is 0 Å². The van der Waals surface area contributed by atoms with Crippen molar-refractivity contribution >= 4 is 27.6 Å². The van der Waals surface area contributed by atoms with Crippen LogP contribution in [0.5, 0.6) is 11.5 Å². The van der Waals surface area contributed by atoms with E-state index >= 15 is 0 Å². The van der Waals surface area contributed by atoms with E-state index in [1.54, 1.807) is 12.0 Å². The van der Waals surface area contributed by atoms with Gasteiger partial charge in [0.25, 0.3) is 0 Å². The number of aryl methyl sites for hydroxylation is 2. The summed E-state index contributed by atoms with van der Waals surface area (Å²) >= 11 is 3.51. The number of nitrogens with one attached hydrogen (secondary N) is 1. The number of nitrogens with zero attached hydrogens (tertiary/aromatic N) is 1. The van der Waals surface area contributed by atoms with E-state index < -0.39 is 5.72 Å². The molecule has 0 spiro atoms. The summed E-state index contributed by atoms with van der Waals surface area (Å²) in [6.07, 6.45) is 0.652. The van der Waals surface area contributed by atoms with Crippen LogP contribution in [-0.2, 0) is 0 Å². The van der Waals surface area contributed by atoms with Crippen LogP contribution in [0.1, 0.15) is 36.1 Å². The van der Waals surface area contributed by atoms with E-state index in [-0.39, 0.29) is 12.1 Å². The minimum Gasteiger partial charge on any atom is -0.493 e. The highest BCUT2D eigenvalue weighted by atomic mass is 79.9. The molecule has 2 aliphatic rings. The third-order valence-electron chi connectivity index (χ3n) is 5.13. The number of methoxy groups -OCH3 is 1. The Kier molecular flexibility index (Phi) is 3.91. The number of carbonyl (C=O) groups is 1. The predicted octanol–water partition coefficient (Wildman–Crippen LogP) is 4.84. The lowest BCUT2D eigenvalue weighted by atomic mass is 9.89. The van der Waals surface area contributed by atoms with E-state index in [9.17, 15) is 4.79 Å². The molecule has 0 aliphatic carbocycles. The van der Waals surface area contributed by atoms with Crippen LogP contribution in [0.25, 0.3) is 0 Å². The zero-order chi connectivity index (χ0) is 18.6. The average Bonchev–Trinajstić information content (AvgIpc) is 2.57. The maximum atomic E-state index is 13.0. The molecule has 2 aromatic rings. The topological polar surface area (TPSA) is 50.8 Å². The number of hydrogen-bond donors (Lipinski definition) is 1. The van der Waals surface area contributed by atoms with Gasteiger partial charge in [-0.05, 0) is 50.1 Å². The Bertz CT molecular complexity index is 914. The van der Waals surface area contributed by atoms with Crippen LogP contribution < -0.4 is 19.7 Å². The molecule has 1 saturated heterocycles. The molecule has 5 nitrogen and oxygen atoms in total. The van der Waals surface area contributed by atoms with E-state index in [1.165, 1.54) is 0 Å². The van der Waals surface area contributed by atoms with Gasteiger partial charge in [0.2, 0.25) is 0 Å². The quantitative estimate of drug-likeness (QED) is 0.761. The second-order valence-corrected chi connectivity index (χ2v) is 8.05. The van der Waals surface area contributed by atoms with Crippen LogP contribution in [0.15, 0.2) is 34.8 Å². The molecule has 2 heterocycles. The summed E-state index contributed by atoms with van der Waals surface area (Å²) in [7, 11) is 1.62. The zero-order valence-electron chi connectivity index (χ0n) is 15.2. The molecule has 1 unspecified atom stereocenters. The number of urea groups is 1. The SMILES string of the molecule is COc1cc(Br)cc2c1O[C@]1(C)CC2NC(=O)N1c1cc(C)ccc1C. The van der Waals surface area contributed by atoms with Gasteiger partial charge in [0.15, 0.2) is 17.2 Å². The van der Waals surface area contributed by atoms with Crippen LogP contribution >= 0.6 is 15.9 Å². The van der Waals surface area contributed by atoms with Gasteiger partial charge < -0.3 is 14.8 Å². The number of rotatable bonds is 2. The number of hydrogen-bond acceptors (Lipinski definition) is 3. The Balaban J connectivity index is 1.86. The van der Waals surface area contributed by atoms with Crippen molar-refractivity contribution < 1.29 is 14.3 Å². The lowest BCUT2D eigenvalue weighted by Gasteiger charge is -2.51. The third kappa shape index (κ3) is 2.55. The molecular formula is C20H21BrN2O3. The molecule has 4 rings (SSSR count). The maximum Gasteiger partial charge on any atom is 0.325 e. The first-order valence-electron chi connectivity index (χ1n) is 8.57. The third-order valence-corrected chi connectivity index (χ3v) is 5.59. The van der Waals surface area contributed by atoms with Gasteiger partial charge in [-0.3, -0.25) is 4.90 Å². The van der Waals surface area contributed by atoms with Gasteiger partial charge >= 0.3 is 6.03 Å². The minimum atomic E-state index is -0.792. The molecule has 136 valence electrons. The van der Waals surface area contributed by atoms with Crippen LogP contribution in [0.2, 0.25) is 0 Å². The maximum absolute atomic E-state index is 13.0. The van der Waals surface area contributed by atoms with E-state index in [0.717, 1.165) is 26.9 Å². The van der Waals surface area contributed by atoms with Crippen LogP contribution in [0.4, 0.5) is 10.5 Å². The van der Waals surface area contributed by atoms with Gasteiger partial charge in [0.05, 0.1) is 18.8 Å². The first-order valence-corrected chi connectivity index (χ1v) is 9.36. The molecule has 0 saturated carbocycles. The average molecular weight is 417 g/mol. The molecule has 26 heavy (non-hydrogen) atoms. The molecule has 1 N–H and O–H groups in total. The Labute approximate surface area is 161 Å². The summed E-state index contributed by atoms with van der Waals surface area (Å²) in [5, 5.41) is 3.13. The van der Waals surface area contributed by atoms with Gasteiger partial charge in [-0.25, -0.2) is 4.79 Å². The zero-order valence-corrected chi connectivity index (χ0v) is 16.8. The van der Waals surface area contributed by atoms with Gasteiger partial charge in [0.1, 0.15) is 0 Å². The summed E-state index contributed by atoms with van der Waals surface area (Å²) < 4.78 is 12.8. The summed E-state index contributed by atoms with van der Waals surface area (Å²) in [5.74, 6) is 1.34. The fourth-order valence-electron chi connectivity index (χ4n) is 3.88. The summed E-state index contributed by atoms with van der Waals surface area (Å²) in [6.45, 7) is 5.99. The summed E-state index contributed by atoms with van der Waals surface area (Å²) in [4.78, 5) is 14.8. The molecule has 2 amide bonds. The fraction of sp³-hybridized carbons (Fsp3) is 0.350. The second kappa shape index (κ2) is 5.91. The molecule has 2 bridgehead atoms. The highest BCUT2D eigenvalue weighted by Crippen LogP contribution is 2.50. The Morgan fingerprint density at radius 1 is 1.31 bits per heavy atom. The smallest absolute Gasteiger partial charge is 0.325 e. The fourth-order valence-corrected chi connectivity index (χ4v) is 4.33. The molecule has 2 atom stereocenters. The van der Waals surface area contributed by atoms with Crippen LogP contribution in [-0.4, -0.2) is 18.9 Å². The Morgan fingerprint density at radius 2 is 2.08 bits per heavy atom. The van der Waals surface area contributed by atoms with Gasteiger partial charge in [-0.15, -0.1) is 0 Å². The van der Waals surface area contributed by atoms with Crippen molar-refractivity contribution in [1.82, 2.24) is 5.32 Å². The van der Waals surface area contributed by atoms with Crippen molar-refractivity contribution in [2.24, 2.45) is 0 Å². The Morgan fingerprint density at radius 3 is 2.81 bits per heavy atom. The van der Waals surface area contributed by atoms with E-state index in [4.69, 9.17) is 9.47 Å². The normalized spacial score (nSPS) is 23.8. The number of benzene rings is 2. The van der Waals surface area contributed by atoms with E-state index in [0.29, 0.717) is 17.9 Å². The largest absolute Gasteiger partial charge is 0.493 e. The van der Waals surface area contributed by atoms with Gasteiger partial charge in [-0.1, -0.05) is 28.1 Å². The number of ether oxygens (including phenoxy) is 2. The summed E-state index contributed by atoms with van der Waals surface area (Å²) in [6, 6.07) is 9.69. The minimum absolute atomic E-state index is 0.121. The van der Waals surface area contributed by atoms with Crippen molar-refractivity contribution in [3.05, 3.63) is 51.5 Å². The first-order chi connectivity index (χ1) is 12.3. The first kappa shape index (κ1) is 17.2. The van der Waals surface area contributed by atoms with Crippen molar-refractivity contribution in [3.63, 3.8) is 0 Å². The van der Waals surface area contributed by atoms with Crippen LogP contribution in [0, 0.1) is 13.8 Å². The molecule has 1 fully saturated rings. The number of amides is 2. The van der Waals surface area contributed by atoms with Crippen LogP contribution in [0.3, 0.4) is 0 Å². The molecule has 0 radical (unpaired) electrons. The van der Waals surface area contributed by atoms with Crippen molar-refractivity contribution in [2.45, 2.75) is 39.0 Å². The molecular weight excluding hydrogens is 396 g/mol. The van der Waals surface area contributed by atoms with Gasteiger partial charge in [-0.2, -0.15) is 0 Å². The molecule has 2 aromatic carbocycles. The van der Waals surface area contributed by atoms with Crippen molar-refractivity contribution in [2.75, 3.05) is 12.0 Å². The highest BCUT2D eigenvalue weighted by molar-refractivity contribution is 9.10. The number of fused-ring (bicyclic) bond motifs is 4. The number of anilines is 1. The van der Waals surface area contributed by atoms with E-state index in [2.05, 4.69) is 21.2 Å². The summed E-state index contributed by atoms with van der Waals surface area (Å²) in [5.41, 5.74) is 3.13. The van der Waals surface area contributed by atoms with E-state index in [1.807, 2.05) is 51.1 Å². The molecule has 2 aliphatic heterocycles. The molecule has 0 aromatic heterocycles. The lowest BCUT2D eigenvalue weighted by molar-refractivity contribution is 0.0348. The van der Waals surface area contributed by atoms with Gasteiger partial charge in [0, 0.05) is 16.5 Å². The highest BCUT2D eigenvalue weighted by Gasteiger charge is 2.51. The predicted molar refractivity (Wildman–Crippen MR) is 104 cm³/mol. The lowest BCUT2D eigenvalue weighted by Crippen LogP contribution is -2.65. The second-order valence-electron chi connectivity index (χ2n) is 7.14. The number of carbonyl (C=O) groups excluding carboxylic acids is 1. The molecule has 6 heteroatoms. The Hall–Kier alpha value is -2.21.